The Kier molecular flexibility index (Phi) is 6.08. The number of halogens is 4. The van der Waals surface area contributed by atoms with E-state index in [0.29, 0.717) is 38.9 Å². The summed E-state index contributed by atoms with van der Waals surface area (Å²) >= 11 is 5.62. The molecule has 0 spiro atoms. The van der Waals surface area contributed by atoms with E-state index < -0.39 is 17.6 Å². The first-order chi connectivity index (χ1) is 11.3. The second-order valence-corrected chi connectivity index (χ2v) is 6.14. The topological polar surface area (TPSA) is 56.1 Å². The number of rotatable bonds is 4. The number of hydrogen-bond acceptors (Lipinski definition) is 3. The lowest BCUT2D eigenvalue weighted by Gasteiger charge is -2.30. The molecule has 1 aliphatic rings. The minimum Gasteiger partial charge on any atom is -0.325 e. The van der Waals surface area contributed by atoms with Gasteiger partial charge >= 0.3 is 6.18 Å². The van der Waals surface area contributed by atoms with Crippen molar-refractivity contribution in [2.24, 2.45) is 5.92 Å². The molecule has 24 heavy (non-hydrogen) atoms. The van der Waals surface area contributed by atoms with Gasteiger partial charge in [-0.15, -0.1) is 0 Å². The molecule has 1 aromatic carbocycles. The van der Waals surface area contributed by atoms with Gasteiger partial charge in [-0.2, -0.15) is 18.4 Å². The number of anilines is 1. The molecular weight excluding hydrogens is 343 g/mol. The van der Waals surface area contributed by atoms with Crippen molar-refractivity contribution in [1.29, 1.82) is 5.26 Å². The van der Waals surface area contributed by atoms with E-state index in [0.717, 1.165) is 6.07 Å². The van der Waals surface area contributed by atoms with Gasteiger partial charge in [-0.25, -0.2) is 0 Å². The quantitative estimate of drug-likeness (QED) is 0.886. The van der Waals surface area contributed by atoms with Crippen molar-refractivity contribution in [3.63, 3.8) is 0 Å². The zero-order valence-electron chi connectivity index (χ0n) is 12.9. The fraction of sp³-hybridized carbons (Fsp3) is 0.500. The molecule has 0 atom stereocenters. The monoisotopic (exact) mass is 359 g/mol. The molecule has 1 N–H and O–H groups in total. The number of likely N-dealkylation sites (tertiary alicyclic amines) is 1. The van der Waals surface area contributed by atoms with Crippen molar-refractivity contribution in [3.8, 4) is 6.07 Å². The summed E-state index contributed by atoms with van der Waals surface area (Å²) in [5, 5.41) is 10.9. The maximum atomic E-state index is 13.0. The van der Waals surface area contributed by atoms with Crippen LogP contribution in [0.1, 0.15) is 24.8 Å². The lowest BCUT2D eigenvalue weighted by atomic mass is 9.95. The average Bonchev–Trinajstić information content (AvgIpc) is 2.54. The molecule has 1 aromatic rings. The molecular formula is C16H17ClF3N3O. The van der Waals surface area contributed by atoms with Crippen LogP contribution < -0.4 is 5.32 Å². The van der Waals surface area contributed by atoms with E-state index in [2.05, 4.69) is 16.3 Å². The number of nitriles is 1. The van der Waals surface area contributed by atoms with Gasteiger partial charge in [-0.05, 0) is 44.1 Å². The van der Waals surface area contributed by atoms with E-state index in [9.17, 15) is 18.0 Å². The molecule has 1 heterocycles. The molecule has 0 aliphatic carbocycles. The third kappa shape index (κ3) is 4.86. The minimum absolute atomic E-state index is 0.0360. The molecule has 0 aromatic heterocycles. The minimum atomic E-state index is -4.59. The van der Waals surface area contributed by atoms with Crippen LogP contribution in [0.3, 0.4) is 0 Å². The Hall–Kier alpha value is -1.78. The normalized spacial score (nSPS) is 16.6. The van der Waals surface area contributed by atoms with Crippen LogP contribution in [-0.4, -0.2) is 30.4 Å². The second kappa shape index (κ2) is 7.86. The Morgan fingerprint density at radius 3 is 2.62 bits per heavy atom. The van der Waals surface area contributed by atoms with Gasteiger partial charge in [0.1, 0.15) is 0 Å². The van der Waals surface area contributed by atoms with Gasteiger partial charge in [-0.3, -0.25) is 4.79 Å². The van der Waals surface area contributed by atoms with Gasteiger partial charge in [0.05, 0.1) is 17.3 Å². The van der Waals surface area contributed by atoms with Gasteiger partial charge in [0, 0.05) is 23.9 Å². The van der Waals surface area contributed by atoms with Gasteiger partial charge < -0.3 is 10.2 Å². The van der Waals surface area contributed by atoms with Crippen LogP contribution in [0, 0.1) is 17.2 Å². The van der Waals surface area contributed by atoms with Crippen molar-refractivity contribution < 1.29 is 18.0 Å². The van der Waals surface area contributed by atoms with Crippen molar-refractivity contribution in [1.82, 2.24) is 4.90 Å². The molecule has 0 radical (unpaired) electrons. The zero-order valence-corrected chi connectivity index (χ0v) is 13.6. The number of nitrogens with zero attached hydrogens (tertiary/aromatic N) is 2. The highest BCUT2D eigenvalue weighted by atomic mass is 35.5. The fourth-order valence-corrected chi connectivity index (χ4v) is 2.89. The van der Waals surface area contributed by atoms with E-state index in [1.165, 1.54) is 12.1 Å². The third-order valence-corrected chi connectivity index (χ3v) is 4.28. The maximum Gasteiger partial charge on any atom is 0.418 e. The summed E-state index contributed by atoms with van der Waals surface area (Å²) in [7, 11) is 0. The summed E-state index contributed by atoms with van der Waals surface area (Å²) in [4.78, 5) is 14.3. The molecule has 1 amide bonds. The van der Waals surface area contributed by atoms with Gasteiger partial charge in [0.15, 0.2) is 0 Å². The van der Waals surface area contributed by atoms with Crippen LogP contribution in [-0.2, 0) is 11.0 Å². The number of amides is 1. The van der Waals surface area contributed by atoms with Crippen LogP contribution >= 0.6 is 11.6 Å². The van der Waals surface area contributed by atoms with Crippen LogP contribution in [0.15, 0.2) is 18.2 Å². The van der Waals surface area contributed by atoms with E-state index in [-0.39, 0.29) is 16.6 Å². The number of benzene rings is 1. The molecule has 0 bridgehead atoms. The standard InChI is InChI=1S/C16H17ClF3N3O/c17-12-2-3-14(13(10-12)16(18,19)20)22-15(24)11-4-8-23(9-5-11)7-1-6-21/h2-3,10-11H,1,4-5,7-9H2,(H,22,24). The van der Waals surface area contributed by atoms with Crippen molar-refractivity contribution in [2.45, 2.75) is 25.4 Å². The summed E-state index contributed by atoms with van der Waals surface area (Å²) in [6.45, 7) is 1.97. The Labute approximate surface area is 143 Å². The van der Waals surface area contributed by atoms with E-state index in [1.54, 1.807) is 0 Å². The van der Waals surface area contributed by atoms with E-state index in [1.807, 2.05) is 0 Å². The second-order valence-electron chi connectivity index (χ2n) is 5.70. The number of hydrogen-bond donors (Lipinski definition) is 1. The molecule has 0 saturated carbocycles. The molecule has 4 nitrogen and oxygen atoms in total. The summed E-state index contributed by atoms with van der Waals surface area (Å²) in [5.41, 5.74) is -1.22. The Balaban J connectivity index is 2.00. The van der Waals surface area contributed by atoms with Crippen molar-refractivity contribution in [3.05, 3.63) is 28.8 Å². The molecule has 1 aliphatic heterocycles. The predicted molar refractivity (Wildman–Crippen MR) is 84.5 cm³/mol. The highest BCUT2D eigenvalue weighted by Crippen LogP contribution is 2.36. The van der Waals surface area contributed by atoms with Gasteiger partial charge in [0.25, 0.3) is 0 Å². The van der Waals surface area contributed by atoms with E-state index >= 15 is 0 Å². The summed E-state index contributed by atoms with van der Waals surface area (Å²) < 4.78 is 39.1. The average molecular weight is 360 g/mol. The maximum absolute atomic E-state index is 13.0. The lowest BCUT2D eigenvalue weighted by molar-refractivity contribution is -0.137. The third-order valence-electron chi connectivity index (χ3n) is 4.04. The van der Waals surface area contributed by atoms with Crippen molar-refractivity contribution >= 4 is 23.2 Å². The number of piperidine rings is 1. The molecule has 2 rings (SSSR count). The Morgan fingerprint density at radius 2 is 2.04 bits per heavy atom. The van der Waals surface area contributed by atoms with Gasteiger partial charge in [0.2, 0.25) is 5.91 Å². The van der Waals surface area contributed by atoms with Crippen LogP contribution in [0.2, 0.25) is 5.02 Å². The smallest absolute Gasteiger partial charge is 0.325 e. The molecule has 8 heteroatoms. The largest absolute Gasteiger partial charge is 0.418 e. The summed E-state index contributed by atoms with van der Waals surface area (Å²) in [5.74, 6) is -0.747. The van der Waals surface area contributed by atoms with Crippen LogP contribution in [0.4, 0.5) is 18.9 Å². The highest BCUT2D eigenvalue weighted by Gasteiger charge is 2.35. The highest BCUT2D eigenvalue weighted by molar-refractivity contribution is 6.30. The van der Waals surface area contributed by atoms with Gasteiger partial charge in [-0.1, -0.05) is 11.6 Å². The fourth-order valence-electron chi connectivity index (χ4n) is 2.72. The first-order valence-corrected chi connectivity index (χ1v) is 7.96. The first kappa shape index (κ1) is 18.6. The van der Waals surface area contributed by atoms with Crippen LogP contribution in [0.5, 0.6) is 0 Å². The number of nitrogens with one attached hydrogen (secondary N) is 1. The molecule has 130 valence electrons. The molecule has 1 saturated heterocycles. The number of carbonyl (C=O) groups is 1. The van der Waals surface area contributed by atoms with Crippen LogP contribution in [0.25, 0.3) is 0 Å². The van der Waals surface area contributed by atoms with Crippen molar-refractivity contribution in [2.75, 3.05) is 25.0 Å². The summed E-state index contributed by atoms with van der Waals surface area (Å²) in [6, 6.07) is 5.36. The predicted octanol–water partition coefficient (Wildman–Crippen LogP) is 3.92. The number of alkyl halides is 3. The molecule has 1 fully saturated rings. The Bertz CT molecular complexity index is 634. The van der Waals surface area contributed by atoms with E-state index in [4.69, 9.17) is 16.9 Å². The lowest BCUT2D eigenvalue weighted by Crippen LogP contribution is -2.38. The SMILES string of the molecule is N#CCCN1CCC(C(=O)Nc2ccc(Cl)cc2C(F)(F)F)CC1. The molecule has 0 unspecified atom stereocenters. The first-order valence-electron chi connectivity index (χ1n) is 7.58. The summed E-state index contributed by atoms with van der Waals surface area (Å²) in [6.07, 6.45) is -3.04. The number of carbonyl (C=O) groups excluding carboxylic acids is 1. The Morgan fingerprint density at radius 1 is 1.38 bits per heavy atom. The zero-order chi connectivity index (χ0) is 17.7.